The highest BCUT2D eigenvalue weighted by Crippen LogP contribution is 2.30. The maximum Gasteiger partial charge on any atom is 0.128 e. The minimum atomic E-state index is -0.0180. The molecule has 3 N–H and O–H groups in total. The second kappa shape index (κ2) is 13.5. The van der Waals surface area contributed by atoms with Gasteiger partial charge in [0.05, 0.1) is 5.71 Å². The molecule has 0 fully saturated rings. The number of hydrogen-bond acceptors (Lipinski definition) is 4. The quantitative estimate of drug-likeness (QED) is 0.152. The Balaban J connectivity index is 2.60. The average molecular weight is 364 g/mol. The van der Waals surface area contributed by atoms with E-state index in [-0.39, 0.29) is 11.5 Å². The van der Waals surface area contributed by atoms with Crippen molar-refractivity contribution < 1.29 is 15.4 Å². The fourth-order valence-corrected chi connectivity index (χ4v) is 3.28. The standard InChI is InChI=1S/C22H37NO3/c1-3-5-7-9-10-11-13-15-20(23-26)19-16-18(14-12-8-6-4-2)21(24)17-22(19)25/h16-17,24-26H,3-15H2,1-2H3. The first-order valence-corrected chi connectivity index (χ1v) is 10.4. The van der Waals surface area contributed by atoms with E-state index in [0.717, 1.165) is 37.7 Å². The van der Waals surface area contributed by atoms with Gasteiger partial charge < -0.3 is 15.4 Å². The van der Waals surface area contributed by atoms with Gasteiger partial charge in [-0.15, -0.1) is 0 Å². The molecule has 0 heterocycles. The number of phenols is 2. The zero-order valence-electron chi connectivity index (χ0n) is 16.6. The highest BCUT2D eigenvalue weighted by atomic mass is 16.4. The smallest absolute Gasteiger partial charge is 0.128 e. The van der Waals surface area contributed by atoms with E-state index in [1.165, 1.54) is 51.0 Å². The molecule has 0 saturated carbocycles. The van der Waals surface area contributed by atoms with Crippen LogP contribution in [0.15, 0.2) is 17.3 Å². The van der Waals surface area contributed by atoms with Crippen molar-refractivity contribution in [2.45, 2.75) is 97.3 Å². The van der Waals surface area contributed by atoms with Crippen LogP contribution in [0.3, 0.4) is 0 Å². The van der Waals surface area contributed by atoms with Crippen molar-refractivity contribution in [3.05, 3.63) is 23.3 Å². The number of benzene rings is 1. The zero-order valence-corrected chi connectivity index (χ0v) is 16.6. The fraction of sp³-hybridized carbons (Fsp3) is 0.682. The van der Waals surface area contributed by atoms with Gasteiger partial charge in [-0.3, -0.25) is 0 Å². The number of oxime groups is 1. The molecule has 0 aliphatic heterocycles. The summed E-state index contributed by atoms with van der Waals surface area (Å²) in [5, 5.41) is 33.1. The van der Waals surface area contributed by atoms with E-state index in [9.17, 15) is 15.4 Å². The van der Waals surface area contributed by atoms with E-state index < -0.39 is 0 Å². The second-order valence-corrected chi connectivity index (χ2v) is 7.23. The number of nitrogens with zero attached hydrogens (tertiary/aromatic N) is 1. The van der Waals surface area contributed by atoms with Crippen LogP contribution in [0.5, 0.6) is 11.5 Å². The average Bonchev–Trinajstić information content (AvgIpc) is 2.63. The van der Waals surface area contributed by atoms with Crippen molar-refractivity contribution in [1.82, 2.24) is 0 Å². The van der Waals surface area contributed by atoms with Gasteiger partial charge in [-0.25, -0.2) is 0 Å². The Kier molecular flexibility index (Phi) is 11.6. The lowest BCUT2D eigenvalue weighted by Gasteiger charge is -2.12. The summed E-state index contributed by atoms with van der Waals surface area (Å²) in [5.74, 6) is 0.103. The summed E-state index contributed by atoms with van der Waals surface area (Å²) in [5.41, 5.74) is 1.86. The molecule has 0 aromatic heterocycles. The molecule has 1 rings (SSSR count). The largest absolute Gasteiger partial charge is 0.508 e. The molecule has 1 aromatic carbocycles. The molecule has 0 unspecified atom stereocenters. The van der Waals surface area contributed by atoms with Gasteiger partial charge in [0.2, 0.25) is 0 Å². The highest BCUT2D eigenvalue weighted by Gasteiger charge is 2.14. The summed E-state index contributed by atoms with van der Waals surface area (Å²) < 4.78 is 0. The summed E-state index contributed by atoms with van der Waals surface area (Å²) in [6.07, 6.45) is 14.2. The summed E-state index contributed by atoms with van der Waals surface area (Å²) in [6, 6.07) is 3.16. The van der Waals surface area contributed by atoms with Crippen LogP contribution in [0.1, 0.15) is 102 Å². The molecule has 0 spiro atoms. The maximum absolute atomic E-state index is 10.2. The first kappa shape index (κ1) is 22.3. The highest BCUT2D eigenvalue weighted by molar-refractivity contribution is 6.02. The SMILES string of the molecule is CCCCCCCCCC(=NO)c1cc(CCCCCC)c(O)cc1O. The predicted octanol–water partition coefficient (Wildman–Crippen LogP) is 6.54. The van der Waals surface area contributed by atoms with Gasteiger partial charge in [0, 0.05) is 11.6 Å². The molecule has 4 nitrogen and oxygen atoms in total. The number of rotatable bonds is 14. The van der Waals surface area contributed by atoms with Gasteiger partial charge in [-0.05, 0) is 37.3 Å². The molecule has 26 heavy (non-hydrogen) atoms. The van der Waals surface area contributed by atoms with Crippen LogP contribution in [0.4, 0.5) is 0 Å². The third-order valence-electron chi connectivity index (χ3n) is 4.95. The van der Waals surface area contributed by atoms with E-state index in [0.29, 0.717) is 17.7 Å². The van der Waals surface area contributed by atoms with Crippen LogP contribution in [0, 0.1) is 0 Å². The molecule has 0 saturated heterocycles. The molecule has 0 amide bonds. The Morgan fingerprint density at radius 2 is 1.35 bits per heavy atom. The monoisotopic (exact) mass is 363 g/mol. The van der Waals surface area contributed by atoms with Gasteiger partial charge in [0.25, 0.3) is 0 Å². The van der Waals surface area contributed by atoms with E-state index in [2.05, 4.69) is 19.0 Å². The topological polar surface area (TPSA) is 73.1 Å². The minimum absolute atomic E-state index is 0.0180. The molecule has 0 atom stereocenters. The molecule has 0 aliphatic carbocycles. The molecule has 0 aliphatic rings. The fourth-order valence-electron chi connectivity index (χ4n) is 3.28. The van der Waals surface area contributed by atoms with Crippen molar-refractivity contribution in [1.29, 1.82) is 0 Å². The summed E-state index contributed by atoms with van der Waals surface area (Å²) >= 11 is 0. The second-order valence-electron chi connectivity index (χ2n) is 7.23. The van der Waals surface area contributed by atoms with E-state index in [1.807, 2.05) is 0 Å². The number of hydrogen-bond donors (Lipinski definition) is 3. The van der Waals surface area contributed by atoms with Crippen molar-refractivity contribution in [2.75, 3.05) is 0 Å². The Morgan fingerprint density at radius 3 is 1.96 bits per heavy atom. The van der Waals surface area contributed by atoms with Crippen molar-refractivity contribution >= 4 is 5.71 Å². The van der Waals surface area contributed by atoms with Crippen LogP contribution in [0.2, 0.25) is 0 Å². The summed E-state index contributed by atoms with van der Waals surface area (Å²) in [4.78, 5) is 0. The minimum Gasteiger partial charge on any atom is -0.508 e. The van der Waals surface area contributed by atoms with Gasteiger partial charge in [0.15, 0.2) is 0 Å². The van der Waals surface area contributed by atoms with E-state index >= 15 is 0 Å². The van der Waals surface area contributed by atoms with Crippen LogP contribution in [-0.2, 0) is 6.42 Å². The number of phenolic OH excluding ortho intramolecular Hbond substituents is 2. The van der Waals surface area contributed by atoms with Gasteiger partial charge in [0.1, 0.15) is 11.5 Å². The lowest BCUT2D eigenvalue weighted by molar-refractivity contribution is 0.317. The van der Waals surface area contributed by atoms with Crippen molar-refractivity contribution in [3.63, 3.8) is 0 Å². The molecule has 1 aromatic rings. The van der Waals surface area contributed by atoms with Gasteiger partial charge >= 0.3 is 0 Å². The maximum atomic E-state index is 10.2. The Hall–Kier alpha value is -1.71. The van der Waals surface area contributed by atoms with Gasteiger partial charge in [-0.1, -0.05) is 76.8 Å². The number of unbranched alkanes of at least 4 members (excludes halogenated alkanes) is 9. The first-order chi connectivity index (χ1) is 12.6. The summed E-state index contributed by atoms with van der Waals surface area (Å²) in [7, 11) is 0. The molecule has 0 bridgehead atoms. The molecule has 0 radical (unpaired) electrons. The third-order valence-corrected chi connectivity index (χ3v) is 4.95. The third kappa shape index (κ3) is 8.11. The van der Waals surface area contributed by atoms with Crippen molar-refractivity contribution in [3.8, 4) is 11.5 Å². The Bertz CT molecular complexity index is 540. The van der Waals surface area contributed by atoms with Crippen molar-refractivity contribution in [2.24, 2.45) is 5.16 Å². The number of aromatic hydroxyl groups is 2. The lowest BCUT2D eigenvalue weighted by atomic mass is 9.97. The Morgan fingerprint density at radius 1 is 0.769 bits per heavy atom. The van der Waals surface area contributed by atoms with Crippen LogP contribution in [0.25, 0.3) is 0 Å². The normalized spacial score (nSPS) is 11.8. The number of aryl methyl sites for hydroxylation is 1. The molecule has 4 heteroatoms. The van der Waals surface area contributed by atoms with E-state index in [4.69, 9.17) is 0 Å². The zero-order chi connectivity index (χ0) is 19.2. The Labute approximate surface area is 159 Å². The lowest BCUT2D eigenvalue weighted by Crippen LogP contribution is -2.03. The summed E-state index contributed by atoms with van der Waals surface area (Å²) in [6.45, 7) is 4.39. The van der Waals surface area contributed by atoms with Crippen LogP contribution < -0.4 is 0 Å². The van der Waals surface area contributed by atoms with Gasteiger partial charge in [-0.2, -0.15) is 0 Å². The molecule has 148 valence electrons. The van der Waals surface area contributed by atoms with Crippen LogP contribution >= 0.6 is 0 Å². The molecular weight excluding hydrogens is 326 g/mol. The van der Waals surface area contributed by atoms with E-state index in [1.54, 1.807) is 6.07 Å². The first-order valence-electron chi connectivity index (χ1n) is 10.4. The molecular formula is C22H37NO3. The predicted molar refractivity (Wildman–Crippen MR) is 109 cm³/mol. The van der Waals surface area contributed by atoms with Crippen LogP contribution in [-0.4, -0.2) is 21.1 Å².